The summed E-state index contributed by atoms with van der Waals surface area (Å²) >= 11 is 0. The van der Waals surface area contributed by atoms with E-state index < -0.39 is 10.0 Å². The predicted molar refractivity (Wildman–Crippen MR) is 131 cm³/mol. The highest BCUT2D eigenvalue weighted by molar-refractivity contribution is 7.92. The van der Waals surface area contributed by atoms with E-state index in [1.165, 1.54) is 38.6 Å². The number of hydrogen-bond donors (Lipinski definition) is 2. The van der Waals surface area contributed by atoms with Crippen LogP contribution < -0.4 is 24.2 Å². The van der Waals surface area contributed by atoms with Crippen molar-refractivity contribution in [2.75, 3.05) is 18.9 Å². The predicted octanol–water partition coefficient (Wildman–Crippen LogP) is 4.36. The van der Waals surface area contributed by atoms with E-state index in [9.17, 15) is 13.2 Å². The molecule has 1 amide bonds. The molecule has 1 aliphatic rings. The van der Waals surface area contributed by atoms with Gasteiger partial charge in [-0.05, 0) is 49.2 Å². The van der Waals surface area contributed by atoms with Crippen LogP contribution in [0.15, 0.2) is 65.7 Å². The zero-order chi connectivity index (χ0) is 24.8. The molecule has 0 aliphatic heterocycles. The lowest BCUT2D eigenvalue weighted by molar-refractivity contribution is 0.0935. The quantitative estimate of drug-likeness (QED) is 0.451. The summed E-state index contributed by atoms with van der Waals surface area (Å²) in [4.78, 5) is 16.9. The van der Waals surface area contributed by atoms with Gasteiger partial charge in [0.2, 0.25) is 5.88 Å². The summed E-state index contributed by atoms with van der Waals surface area (Å²) in [5.74, 6) is 0.759. The van der Waals surface area contributed by atoms with Gasteiger partial charge in [-0.3, -0.25) is 9.52 Å². The van der Waals surface area contributed by atoms with Gasteiger partial charge in [0.25, 0.3) is 15.9 Å². The van der Waals surface area contributed by atoms with Crippen molar-refractivity contribution in [2.24, 2.45) is 0 Å². The Morgan fingerprint density at radius 1 is 0.971 bits per heavy atom. The molecule has 2 N–H and O–H groups in total. The number of carbonyl (C=O) groups excluding carboxylic acids is 1. The number of aromatic nitrogens is 1. The Morgan fingerprint density at radius 2 is 1.77 bits per heavy atom. The third kappa shape index (κ3) is 5.83. The summed E-state index contributed by atoms with van der Waals surface area (Å²) < 4.78 is 44.9. The van der Waals surface area contributed by atoms with Crippen LogP contribution in [0.4, 0.5) is 5.69 Å². The maximum absolute atomic E-state index is 13.1. The molecule has 1 saturated carbocycles. The average Bonchev–Trinajstić information content (AvgIpc) is 3.37. The van der Waals surface area contributed by atoms with Crippen molar-refractivity contribution < 1.29 is 27.4 Å². The van der Waals surface area contributed by atoms with Gasteiger partial charge in [0, 0.05) is 24.4 Å². The van der Waals surface area contributed by atoms with Gasteiger partial charge >= 0.3 is 0 Å². The Kier molecular flexibility index (Phi) is 7.40. The van der Waals surface area contributed by atoms with E-state index >= 15 is 0 Å². The fourth-order valence-electron chi connectivity index (χ4n) is 3.92. The second-order valence-corrected chi connectivity index (χ2v) is 9.71. The van der Waals surface area contributed by atoms with E-state index in [1.54, 1.807) is 36.4 Å². The number of pyridine rings is 1. The number of nitrogens with one attached hydrogen (secondary N) is 2. The lowest BCUT2D eigenvalue weighted by Crippen LogP contribution is -2.32. The van der Waals surface area contributed by atoms with Gasteiger partial charge in [-0.25, -0.2) is 13.4 Å². The first-order valence-electron chi connectivity index (χ1n) is 11.2. The number of carbonyl (C=O) groups is 1. The van der Waals surface area contributed by atoms with Crippen LogP contribution in [0, 0.1) is 0 Å². The molecule has 1 aromatic heterocycles. The molecular formula is C25H27N3O6S. The Labute approximate surface area is 204 Å². The van der Waals surface area contributed by atoms with Crippen molar-refractivity contribution in [3.63, 3.8) is 0 Å². The second-order valence-electron chi connectivity index (χ2n) is 8.06. The number of amides is 1. The van der Waals surface area contributed by atoms with E-state index in [2.05, 4.69) is 15.0 Å². The van der Waals surface area contributed by atoms with Crippen molar-refractivity contribution in [3.05, 3.63) is 66.4 Å². The highest BCUT2D eigenvalue weighted by atomic mass is 32.2. The normalized spacial score (nSPS) is 13.8. The first-order chi connectivity index (χ1) is 16.9. The summed E-state index contributed by atoms with van der Waals surface area (Å²) in [6.07, 6.45) is 5.66. The van der Waals surface area contributed by atoms with Crippen molar-refractivity contribution in [2.45, 2.75) is 36.6 Å². The third-order valence-corrected chi connectivity index (χ3v) is 7.07. The minimum absolute atomic E-state index is 0.0683. The van der Waals surface area contributed by atoms with Crippen molar-refractivity contribution in [1.82, 2.24) is 10.3 Å². The van der Waals surface area contributed by atoms with Crippen LogP contribution in [-0.4, -0.2) is 39.6 Å². The van der Waals surface area contributed by atoms with Crippen molar-refractivity contribution >= 4 is 21.6 Å². The lowest BCUT2D eigenvalue weighted by Gasteiger charge is -2.15. The molecule has 0 spiro atoms. The van der Waals surface area contributed by atoms with Crippen LogP contribution in [0.3, 0.4) is 0 Å². The van der Waals surface area contributed by atoms with Gasteiger partial charge in [-0.15, -0.1) is 0 Å². The van der Waals surface area contributed by atoms with Gasteiger partial charge in [0.1, 0.15) is 27.7 Å². The summed E-state index contributed by atoms with van der Waals surface area (Å²) in [5.41, 5.74) is 0.576. The topological polar surface area (TPSA) is 116 Å². The smallest absolute Gasteiger partial charge is 0.265 e. The van der Waals surface area contributed by atoms with E-state index in [0.717, 1.165) is 25.7 Å². The molecule has 35 heavy (non-hydrogen) atoms. The minimum Gasteiger partial charge on any atom is -0.497 e. The summed E-state index contributed by atoms with van der Waals surface area (Å²) in [6, 6.07) is 14.4. The first kappa shape index (κ1) is 24.3. The first-order valence-corrected chi connectivity index (χ1v) is 12.7. The molecule has 0 atom stereocenters. The number of rotatable bonds is 9. The Morgan fingerprint density at radius 3 is 2.51 bits per heavy atom. The zero-order valence-corrected chi connectivity index (χ0v) is 20.3. The summed E-state index contributed by atoms with van der Waals surface area (Å²) in [7, 11) is -1.16. The minimum atomic E-state index is -4.00. The highest BCUT2D eigenvalue weighted by Crippen LogP contribution is 2.31. The Bertz CT molecular complexity index is 1310. The van der Waals surface area contributed by atoms with Crippen LogP contribution in [0.25, 0.3) is 0 Å². The van der Waals surface area contributed by atoms with Crippen LogP contribution in [0.1, 0.15) is 36.0 Å². The molecule has 0 radical (unpaired) electrons. The largest absolute Gasteiger partial charge is 0.497 e. The zero-order valence-electron chi connectivity index (χ0n) is 19.5. The average molecular weight is 498 g/mol. The van der Waals surface area contributed by atoms with Crippen LogP contribution in [0.2, 0.25) is 0 Å². The number of sulfonamides is 1. The van der Waals surface area contributed by atoms with E-state index in [-0.39, 0.29) is 34.2 Å². The summed E-state index contributed by atoms with van der Waals surface area (Å²) in [6.45, 7) is 0. The van der Waals surface area contributed by atoms with E-state index in [0.29, 0.717) is 17.1 Å². The maximum Gasteiger partial charge on any atom is 0.265 e. The second kappa shape index (κ2) is 10.6. The molecule has 3 aromatic rings. The number of ether oxygens (including phenoxy) is 3. The Hall–Kier alpha value is -3.79. The molecule has 1 heterocycles. The number of methoxy groups -OCH3 is 2. The third-order valence-electron chi connectivity index (χ3n) is 5.67. The van der Waals surface area contributed by atoms with Gasteiger partial charge in [-0.1, -0.05) is 18.9 Å². The molecule has 10 heteroatoms. The molecule has 1 fully saturated rings. The fourth-order valence-corrected chi connectivity index (χ4v) is 5.15. The van der Waals surface area contributed by atoms with Gasteiger partial charge in [-0.2, -0.15) is 0 Å². The van der Waals surface area contributed by atoms with Gasteiger partial charge in [0.15, 0.2) is 0 Å². The van der Waals surface area contributed by atoms with Crippen molar-refractivity contribution in [1.29, 1.82) is 0 Å². The molecule has 9 nitrogen and oxygen atoms in total. The molecular weight excluding hydrogens is 470 g/mol. The van der Waals surface area contributed by atoms with Gasteiger partial charge < -0.3 is 19.5 Å². The summed E-state index contributed by atoms with van der Waals surface area (Å²) in [5, 5.41) is 3.03. The Balaban J connectivity index is 1.54. The maximum atomic E-state index is 13.1. The van der Waals surface area contributed by atoms with E-state index in [4.69, 9.17) is 14.2 Å². The van der Waals surface area contributed by atoms with Crippen LogP contribution >= 0.6 is 0 Å². The van der Waals surface area contributed by atoms with Gasteiger partial charge in [0.05, 0.1) is 19.9 Å². The lowest BCUT2D eigenvalue weighted by atomic mass is 10.2. The molecule has 0 bridgehead atoms. The SMILES string of the molecule is COc1ccc(OC)c(S(=O)(=O)Nc2cccc(Oc3ncccc3C(=O)NC3CCCC3)c2)c1. The number of anilines is 1. The number of benzene rings is 2. The molecule has 1 aliphatic carbocycles. The molecule has 2 aromatic carbocycles. The van der Waals surface area contributed by atoms with Crippen molar-refractivity contribution in [3.8, 4) is 23.1 Å². The standard InChI is InChI=1S/C25H27N3O6S/c1-32-19-12-13-22(33-2)23(16-19)35(30,31)28-18-9-5-10-20(15-18)34-25-21(11-6-14-26-25)24(29)27-17-7-3-4-8-17/h5-6,9-17,28H,3-4,7-8H2,1-2H3,(H,27,29). The highest BCUT2D eigenvalue weighted by Gasteiger charge is 2.23. The molecule has 184 valence electrons. The number of nitrogens with zero attached hydrogens (tertiary/aromatic N) is 1. The fraction of sp³-hybridized carbons (Fsp3) is 0.280. The molecule has 0 saturated heterocycles. The monoisotopic (exact) mass is 497 g/mol. The van der Waals surface area contributed by atoms with Crippen LogP contribution in [-0.2, 0) is 10.0 Å². The van der Waals surface area contributed by atoms with Crippen LogP contribution in [0.5, 0.6) is 23.1 Å². The molecule has 0 unspecified atom stereocenters. The molecule has 4 rings (SSSR count). The number of hydrogen-bond acceptors (Lipinski definition) is 7. The van der Waals surface area contributed by atoms with E-state index in [1.807, 2.05) is 0 Å².